The molecule has 5 atom stereocenters. The van der Waals surface area contributed by atoms with Crippen LogP contribution < -0.4 is 5.32 Å². The molecule has 0 aliphatic carbocycles. The summed E-state index contributed by atoms with van der Waals surface area (Å²) in [5.74, 6) is 0.00470. The van der Waals surface area contributed by atoms with Crippen molar-refractivity contribution < 1.29 is 29.4 Å². The van der Waals surface area contributed by atoms with Gasteiger partial charge in [-0.1, -0.05) is 6.58 Å². The van der Waals surface area contributed by atoms with E-state index in [1.54, 1.807) is 11.1 Å². The van der Waals surface area contributed by atoms with Gasteiger partial charge in [-0.2, -0.15) is 5.26 Å². The summed E-state index contributed by atoms with van der Waals surface area (Å²) in [6, 6.07) is 2.14. The van der Waals surface area contributed by atoms with Crippen LogP contribution in [0.3, 0.4) is 0 Å². The Balaban J connectivity index is 1.94. The van der Waals surface area contributed by atoms with Gasteiger partial charge in [0.1, 0.15) is 18.5 Å². The quantitative estimate of drug-likeness (QED) is 0.343. The van der Waals surface area contributed by atoms with Crippen molar-refractivity contribution in [1.29, 1.82) is 5.26 Å². The van der Waals surface area contributed by atoms with Gasteiger partial charge in [-0.25, -0.2) is 4.67 Å². The van der Waals surface area contributed by atoms with Gasteiger partial charge in [0.15, 0.2) is 12.3 Å². The van der Waals surface area contributed by atoms with Gasteiger partial charge in [-0.3, -0.25) is 4.79 Å². The van der Waals surface area contributed by atoms with E-state index in [-0.39, 0.29) is 36.7 Å². The van der Waals surface area contributed by atoms with Gasteiger partial charge in [0.2, 0.25) is 0 Å². The standard InChI is InChI=1S/C23H36N5O6PS/c1-15(2)28(16(3)4)35(31-12-8-24)34-20-17(5)32-22(27-9-7-19(29)25-18(27)6)21(20)33-23(36)26-10-13-30-14-11-26/h7,9,15-17,20-22H,6,10-14H2,1-5H3,(H,25,29)/t17-,20+,21?,22-,35?/m1/s1/i5D. The molecule has 0 spiro atoms. The molecule has 0 radical (unpaired) electrons. The minimum atomic E-state index is -1.71. The Labute approximate surface area is 221 Å². The summed E-state index contributed by atoms with van der Waals surface area (Å²) < 4.78 is 40.7. The van der Waals surface area contributed by atoms with Gasteiger partial charge in [0, 0.05) is 38.8 Å². The van der Waals surface area contributed by atoms with E-state index in [2.05, 4.69) is 16.6 Å². The Bertz CT molecular complexity index is 891. The highest BCUT2D eigenvalue weighted by Crippen LogP contribution is 2.49. The molecule has 3 rings (SSSR count). The number of morpholine rings is 1. The molecule has 36 heavy (non-hydrogen) atoms. The van der Waals surface area contributed by atoms with Crippen LogP contribution in [0.4, 0.5) is 0 Å². The summed E-state index contributed by atoms with van der Waals surface area (Å²) in [7, 11) is -1.71. The zero-order chi connectivity index (χ0) is 27.1. The fraction of sp³-hybridized carbons (Fsp3) is 0.696. The van der Waals surface area contributed by atoms with Gasteiger partial charge in [-0.05, 0) is 46.8 Å². The summed E-state index contributed by atoms with van der Waals surface area (Å²) >= 11 is 5.64. The first-order chi connectivity index (χ1) is 17.7. The fourth-order valence-electron chi connectivity index (χ4n) is 4.16. The normalized spacial score (nSPS) is 27.9. The maximum atomic E-state index is 11.8. The molecule has 13 heteroatoms. The third-order valence-electron chi connectivity index (χ3n) is 5.73. The molecular weight excluding hydrogens is 505 g/mol. The average molecular weight is 543 g/mol. The second-order valence-corrected chi connectivity index (χ2v) is 10.7. The van der Waals surface area contributed by atoms with Gasteiger partial charge in [0.05, 0.1) is 25.4 Å². The van der Waals surface area contributed by atoms with Crippen molar-refractivity contribution in [3.8, 4) is 6.07 Å². The zero-order valence-electron chi connectivity index (χ0n) is 22.2. The SMILES string of the molecule is [2H]C[C@H]1O[C@@H](N2C=CC(=O)NC2=C)C(OC(=S)N2CCOCC2)[C@H]1OP(OCC#N)N(C(C)C)C(C)C. The fourth-order valence-corrected chi connectivity index (χ4v) is 6.14. The number of ether oxygens (including phenoxy) is 3. The van der Waals surface area contributed by atoms with Crippen LogP contribution in [-0.2, 0) is 28.1 Å². The zero-order valence-corrected chi connectivity index (χ0v) is 22.9. The molecule has 1 N–H and O–H groups in total. The Kier molecular flexibility index (Phi) is 9.90. The maximum Gasteiger partial charge on any atom is 0.260 e. The molecule has 3 aliphatic rings. The summed E-state index contributed by atoms with van der Waals surface area (Å²) in [4.78, 5) is 15.4. The number of nitrogens with one attached hydrogen (secondary N) is 1. The largest absolute Gasteiger partial charge is 0.460 e. The molecule has 0 aromatic heterocycles. The van der Waals surface area contributed by atoms with Crippen molar-refractivity contribution in [3.63, 3.8) is 0 Å². The monoisotopic (exact) mass is 542 g/mol. The number of nitriles is 1. The average Bonchev–Trinajstić information content (AvgIpc) is 3.19. The summed E-state index contributed by atoms with van der Waals surface area (Å²) in [6.45, 7) is 14.0. The van der Waals surface area contributed by atoms with Crippen LogP contribution >= 0.6 is 20.7 Å². The third-order valence-corrected chi connectivity index (χ3v) is 8.16. The van der Waals surface area contributed by atoms with Crippen LogP contribution in [-0.4, -0.2) is 95.1 Å². The molecule has 2 unspecified atom stereocenters. The summed E-state index contributed by atoms with van der Waals surface area (Å²) in [5, 5.41) is 12.1. The van der Waals surface area contributed by atoms with Crippen LogP contribution in [0, 0.1) is 11.3 Å². The molecule has 0 aromatic rings. The number of nitrogens with zero attached hydrogens (tertiary/aromatic N) is 4. The van der Waals surface area contributed by atoms with Crippen molar-refractivity contribution in [2.24, 2.45) is 0 Å². The number of hydrogen-bond acceptors (Lipinski definition) is 10. The molecule has 11 nitrogen and oxygen atoms in total. The molecular formula is C23H36N5O6PS. The molecule has 2 saturated heterocycles. The Morgan fingerprint density at radius 2 is 2.08 bits per heavy atom. The number of hydrogen-bond donors (Lipinski definition) is 1. The molecule has 200 valence electrons. The minimum absolute atomic E-state index is 0.0613. The van der Waals surface area contributed by atoms with Crippen molar-refractivity contribution in [2.45, 2.75) is 71.2 Å². The molecule has 2 fully saturated rings. The van der Waals surface area contributed by atoms with E-state index in [0.717, 1.165) is 0 Å². The van der Waals surface area contributed by atoms with Gasteiger partial charge < -0.3 is 38.4 Å². The van der Waals surface area contributed by atoms with Crippen LogP contribution in [0.5, 0.6) is 0 Å². The first-order valence-electron chi connectivity index (χ1n) is 12.6. The lowest BCUT2D eigenvalue weighted by Gasteiger charge is -2.39. The predicted octanol–water partition coefficient (Wildman–Crippen LogP) is 2.42. The van der Waals surface area contributed by atoms with Crippen LogP contribution in [0.1, 0.15) is 36.0 Å². The second-order valence-electron chi connectivity index (χ2n) is 8.98. The van der Waals surface area contributed by atoms with Crippen molar-refractivity contribution >= 4 is 31.8 Å². The smallest absolute Gasteiger partial charge is 0.260 e. The van der Waals surface area contributed by atoms with Gasteiger partial charge >= 0.3 is 0 Å². The molecule has 1 amide bonds. The molecule has 3 heterocycles. The number of carbonyl (C=O) groups excluding carboxylic acids is 1. The van der Waals surface area contributed by atoms with E-state index >= 15 is 0 Å². The van der Waals surface area contributed by atoms with Gasteiger partial charge in [-0.15, -0.1) is 0 Å². The lowest BCUT2D eigenvalue weighted by Crippen LogP contribution is -2.51. The summed E-state index contributed by atoms with van der Waals surface area (Å²) in [6.07, 6.45) is -0.112. The Hall–Kier alpha value is -1.84. The van der Waals surface area contributed by atoms with Crippen LogP contribution in [0.25, 0.3) is 0 Å². The van der Waals surface area contributed by atoms with E-state index < -0.39 is 33.1 Å². The maximum absolute atomic E-state index is 11.8. The van der Waals surface area contributed by atoms with Crippen LogP contribution in [0.2, 0.25) is 0 Å². The van der Waals surface area contributed by atoms with Crippen molar-refractivity contribution in [1.82, 2.24) is 19.8 Å². The lowest BCUT2D eigenvalue weighted by atomic mass is 10.1. The highest BCUT2D eigenvalue weighted by molar-refractivity contribution is 7.80. The number of amides is 1. The second kappa shape index (κ2) is 13.1. The number of rotatable bonds is 9. The number of thiocarbonyl (C=S) groups is 1. The van der Waals surface area contributed by atoms with E-state index in [0.29, 0.717) is 32.1 Å². The summed E-state index contributed by atoms with van der Waals surface area (Å²) in [5.41, 5.74) is 0. The van der Waals surface area contributed by atoms with E-state index in [1.165, 1.54) is 6.08 Å². The highest BCUT2D eigenvalue weighted by atomic mass is 32.1. The van der Waals surface area contributed by atoms with Gasteiger partial charge in [0.25, 0.3) is 19.6 Å². The predicted molar refractivity (Wildman–Crippen MR) is 138 cm³/mol. The molecule has 0 bridgehead atoms. The third kappa shape index (κ3) is 6.92. The van der Waals surface area contributed by atoms with E-state index in [9.17, 15) is 10.1 Å². The van der Waals surface area contributed by atoms with Crippen molar-refractivity contribution in [3.05, 3.63) is 24.7 Å². The van der Waals surface area contributed by atoms with Crippen molar-refractivity contribution in [2.75, 3.05) is 32.9 Å². The first-order valence-corrected chi connectivity index (χ1v) is 13.4. The number of carbonyl (C=O) groups is 1. The van der Waals surface area contributed by atoms with E-state index in [4.69, 9.17) is 36.8 Å². The molecule has 3 aliphatic heterocycles. The lowest BCUT2D eigenvalue weighted by molar-refractivity contribution is -0.118. The first kappa shape index (κ1) is 27.2. The Morgan fingerprint density at radius 1 is 1.39 bits per heavy atom. The Morgan fingerprint density at radius 3 is 2.67 bits per heavy atom. The van der Waals surface area contributed by atoms with Crippen LogP contribution in [0.15, 0.2) is 24.7 Å². The topological polar surface area (TPSA) is 109 Å². The minimum Gasteiger partial charge on any atom is -0.460 e. The van der Waals surface area contributed by atoms with E-state index in [1.807, 2.05) is 38.7 Å². The highest BCUT2D eigenvalue weighted by Gasteiger charge is 2.51. The molecule has 0 saturated carbocycles. The molecule has 0 aromatic carbocycles.